The summed E-state index contributed by atoms with van der Waals surface area (Å²) in [6, 6.07) is 8.99. The topological polar surface area (TPSA) is 24.9 Å². The third-order valence-electron chi connectivity index (χ3n) is 3.28. The van der Waals surface area contributed by atoms with Gasteiger partial charge in [0.25, 0.3) is 0 Å². The van der Waals surface area contributed by atoms with Crippen molar-refractivity contribution >= 4 is 16.5 Å². The molecule has 1 aliphatic rings. The highest BCUT2D eigenvalue weighted by atomic mass is 32.1. The van der Waals surface area contributed by atoms with Crippen LogP contribution in [0.3, 0.4) is 0 Å². The Hall–Kier alpha value is -1.35. The van der Waals surface area contributed by atoms with Gasteiger partial charge in [-0.05, 0) is 36.3 Å². The van der Waals surface area contributed by atoms with Gasteiger partial charge in [-0.2, -0.15) is 0 Å². The fourth-order valence-electron chi connectivity index (χ4n) is 2.06. The van der Waals surface area contributed by atoms with Crippen LogP contribution < -0.4 is 5.32 Å². The lowest BCUT2D eigenvalue weighted by molar-refractivity contribution is 0.976. The largest absolute Gasteiger partial charge is 0.362 e. The molecule has 0 radical (unpaired) electrons. The van der Waals surface area contributed by atoms with Crippen molar-refractivity contribution in [3.63, 3.8) is 0 Å². The zero-order valence-corrected chi connectivity index (χ0v) is 11.5. The molecule has 0 atom stereocenters. The van der Waals surface area contributed by atoms with Crippen LogP contribution in [0.2, 0.25) is 0 Å². The molecular weight excluding hydrogens is 240 g/mol. The molecule has 0 spiro atoms. The molecule has 2 aromatic rings. The average molecular weight is 258 g/mol. The van der Waals surface area contributed by atoms with Crippen LogP contribution in [0.25, 0.3) is 10.4 Å². The van der Waals surface area contributed by atoms with E-state index < -0.39 is 0 Å². The minimum atomic E-state index is 0.835. The minimum Gasteiger partial charge on any atom is -0.362 e. The molecule has 1 fully saturated rings. The molecule has 3 heteroatoms. The molecule has 0 amide bonds. The van der Waals surface area contributed by atoms with Crippen LogP contribution >= 0.6 is 11.3 Å². The van der Waals surface area contributed by atoms with Crippen molar-refractivity contribution < 1.29 is 0 Å². The standard InChI is InChI=1S/C15H18N2S/c1-2-9-16-15-17-10-14(18-15)13-7-5-12(6-8-13)11-3-4-11/h5-8,10-11H,2-4,9H2,1H3,(H,16,17). The zero-order valence-electron chi connectivity index (χ0n) is 10.6. The van der Waals surface area contributed by atoms with Gasteiger partial charge in [0.1, 0.15) is 0 Å². The highest BCUT2D eigenvalue weighted by Crippen LogP contribution is 2.40. The Morgan fingerprint density at radius 3 is 2.72 bits per heavy atom. The molecule has 18 heavy (non-hydrogen) atoms. The van der Waals surface area contributed by atoms with E-state index in [9.17, 15) is 0 Å². The Bertz CT molecular complexity index is 512. The predicted molar refractivity (Wildman–Crippen MR) is 78.3 cm³/mol. The van der Waals surface area contributed by atoms with Crippen LogP contribution in [0.15, 0.2) is 30.5 Å². The molecule has 1 heterocycles. The van der Waals surface area contributed by atoms with E-state index in [-0.39, 0.29) is 0 Å². The Kier molecular flexibility index (Phi) is 3.33. The lowest BCUT2D eigenvalue weighted by atomic mass is 10.1. The number of hydrogen-bond acceptors (Lipinski definition) is 3. The van der Waals surface area contributed by atoms with E-state index in [4.69, 9.17) is 0 Å². The normalized spacial score (nSPS) is 14.7. The van der Waals surface area contributed by atoms with Gasteiger partial charge >= 0.3 is 0 Å². The molecule has 0 unspecified atom stereocenters. The van der Waals surface area contributed by atoms with Crippen molar-refractivity contribution in [2.45, 2.75) is 32.1 Å². The smallest absolute Gasteiger partial charge is 0.183 e. The van der Waals surface area contributed by atoms with E-state index in [1.807, 2.05) is 6.20 Å². The van der Waals surface area contributed by atoms with Crippen molar-refractivity contribution in [2.24, 2.45) is 0 Å². The maximum Gasteiger partial charge on any atom is 0.183 e. The molecule has 1 aromatic carbocycles. The zero-order chi connectivity index (χ0) is 12.4. The lowest BCUT2D eigenvalue weighted by Crippen LogP contribution is -1.97. The summed E-state index contributed by atoms with van der Waals surface area (Å²) in [7, 11) is 0. The molecule has 1 saturated carbocycles. The van der Waals surface area contributed by atoms with E-state index in [0.717, 1.165) is 24.0 Å². The summed E-state index contributed by atoms with van der Waals surface area (Å²) in [5, 5.41) is 4.36. The fourth-order valence-corrected chi connectivity index (χ4v) is 2.90. The van der Waals surface area contributed by atoms with Crippen molar-refractivity contribution in [2.75, 3.05) is 11.9 Å². The second-order valence-electron chi connectivity index (χ2n) is 4.85. The van der Waals surface area contributed by atoms with Gasteiger partial charge in [0.15, 0.2) is 5.13 Å². The molecule has 1 N–H and O–H groups in total. The average Bonchev–Trinajstić information content (AvgIpc) is 3.16. The predicted octanol–water partition coefficient (Wildman–Crippen LogP) is 4.51. The van der Waals surface area contributed by atoms with E-state index in [2.05, 4.69) is 41.5 Å². The summed E-state index contributed by atoms with van der Waals surface area (Å²) in [4.78, 5) is 5.65. The lowest BCUT2D eigenvalue weighted by Gasteiger charge is -2.00. The fraction of sp³-hybridized carbons (Fsp3) is 0.400. The summed E-state index contributed by atoms with van der Waals surface area (Å²) < 4.78 is 0. The van der Waals surface area contributed by atoms with Gasteiger partial charge in [0.2, 0.25) is 0 Å². The van der Waals surface area contributed by atoms with Gasteiger partial charge in [0.05, 0.1) is 4.88 Å². The third-order valence-corrected chi connectivity index (χ3v) is 4.28. The summed E-state index contributed by atoms with van der Waals surface area (Å²) in [5.74, 6) is 0.835. The Morgan fingerprint density at radius 2 is 2.06 bits per heavy atom. The first-order chi connectivity index (χ1) is 8.86. The van der Waals surface area contributed by atoms with E-state index in [1.54, 1.807) is 11.3 Å². The SMILES string of the molecule is CCCNc1ncc(-c2ccc(C3CC3)cc2)s1. The van der Waals surface area contributed by atoms with Gasteiger partial charge in [-0.15, -0.1) is 0 Å². The molecule has 2 nitrogen and oxygen atoms in total. The first-order valence-electron chi connectivity index (χ1n) is 6.67. The monoisotopic (exact) mass is 258 g/mol. The first kappa shape index (κ1) is 11.7. The van der Waals surface area contributed by atoms with Crippen molar-refractivity contribution in [3.8, 4) is 10.4 Å². The van der Waals surface area contributed by atoms with Gasteiger partial charge in [-0.3, -0.25) is 0 Å². The summed E-state index contributed by atoms with van der Waals surface area (Å²) >= 11 is 1.73. The van der Waals surface area contributed by atoms with E-state index in [1.165, 1.54) is 28.8 Å². The van der Waals surface area contributed by atoms with Crippen LogP contribution in [0.1, 0.15) is 37.7 Å². The molecule has 3 rings (SSSR count). The van der Waals surface area contributed by atoms with Crippen LogP contribution in [-0.2, 0) is 0 Å². The third kappa shape index (κ3) is 2.56. The van der Waals surface area contributed by atoms with Crippen LogP contribution in [0.4, 0.5) is 5.13 Å². The molecule has 0 saturated heterocycles. The van der Waals surface area contributed by atoms with Gasteiger partial charge in [-0.1, -0.05) is 42.5 Å². The van der Waals surface area contributed by atoms with Crippen LogP contribution in [0.5, 0.6) is 0 Å². The second kappa shape index (κ2) is 5.11. The number of nitrogens with one attached hydrogen (secondary N) is 1. The number of rotatable bonds is 5. The Labute approximate surface area is 112 Å². The van der Waals surface area contributed by atoms with Gasteiger partial charge in [0, 0.05) is 12.7 Å². The van der Waals surface area contributed by atoms with Crippen LogP contribution in [0, 0.1) is 0 Å². The van der Waals surface area contributed by atoms with Gasteiger partial charge < -0.3 is 5.32 Å². The Morgan fingerprint density at radius 1 is 1.28 bits per heavy atom. The Balaban J connectivity index is 1.74. The summed E-state index contributed by atoms with van der Waals surface area (Å²) in [6.07, 6.45) is 5.83. The number of anilines is 1. The molecule has 1 aliphatic carbocycles. The van der Waals surface area contributed by atoms with Gasteiger partial charge in [-0.25, -0.2) is 4.98 Å². The second-order valence-corrected chi connectivity index (χ2v) is 5.88. The number of nitrogens with zero attached hydrogens (tertiary/aromatic N) is 1. The molecular formula is C15H18N2S. The van der Waals surface area contributed by atoms with Crippen molar-refractivity contribution in [3.05, 3.63) is 36.0 Å². The quantitative estimate of drug-likeness (QED) is 0.853. The molecule has 1 aromatic heterocycles. The van der Waals surface area contributed by atoms with Crippen molar-refractivity contribution in [1.82, 2.24) is 4.98 Å². The number of thiazole rings is 1. The highest BCUT2D eigenvalue weighted by Gasteiger charge is 2.23. The van der Waals surface area contributed by atoms with Crippen molar-refractivity contribution in [1.29, 1.82) is 0 Å². The first-order valence-corrected chi connectivity index (χ1v) is 7.48. The number of aromatic nitrogens is 1. The van der Waals surface area contributed by atoms with E-state index in [0.29, 0.717) is 0 Å². The maximum atomic E-state index is 4.41. The minimum absolute atomic E-state index is 0.835. The molecule has 0 aliphatic heterocycles. The summed E-state index contributed by atoms with van der Waals surface area (Å²) in [5.41, 5.74) is 2.77. The highest BCUT2D eigenvalue weighted by molar-refractivity contribution is 7.18. The van der Waals surface area contributed by atoms with Crippen LogP contribution in [-0.4, -0.2) is 11.5 Å². The molecule has 94 valence electrons. The summed E-state index contributed by atoms with van der Waals surface area (Å²) in [6.45, 7) is 3.16. The van der Waals surface area contributed by atoms with E-state index >= 15 is 0 Å². The number of hydrogen-bond donors (Lipinski definition) is 1. The molecule has 0 bridgehead atoms. The maximum absolute atomic E-state index is 4.41. The number of benzene rings is 1.